The molecule has 1 aliphatic heterocycles. The Morgan fingerprint density at radius 3 is 2.48 bits per heavy atom. The number of aromatic nitrogens is 2. The fourth-order valence-electron chi connectivity index (χ4n) is 3.28. The molecule has 0 spiro atoms. The van der Waals surface area contributed by atoms with Crippen LogP contribution in [0.1, 0.15) is 33.7 Å². The molecule has 2 amide bonds. The Balaban J connectivity index is 1.49. The molecule has 154 valence electrons. The Morgan fingerprint density at radius 1 is 1.14 bits per heavy atom. The molecule has 1 aromatic heterocycles. The summed E-state index contributed by atoms with van der Waals surface area (Å²) in [6, 6.07) is 7.75. The summed E-state index contributed by atoms with van der Waals surface area (Å²) in [6.07, 6.45) is 1.56. The lowest BCUT2D eigenvalue weighted by atomic mass is 9.96. The minimum absolute atomic E-state index is 0.179. The predicted molar refractivity (Wildman–Crippen MR) is 105 cm³/mol. The van der Waals surface area contributed by atoms with Gasteiger partial charge in [-0.25, -0.2) is 5.10 Å². The molecule has 2 N–H and O–H groups in total. The van der Waals surface area contributed by atoms with Crippen LogP contribution in [0.4, 0.5) is 0 Å². The monoisotopic (exact) mass is 400 g/mol. The molecule has 0 radical (unpaired) electrons. The molecule has 1 fully saturated rings. The van der Waals surface area contributed by atoms with Crippen molar-refractivity contribution < 1.29 is 19.1 Å². The zero-order chi connectivity index (χ0) is 20.8. The number of H-pyrrole nitrogens is 1. The number of nitrogens with zero attached hydrogens (tertiary/aromatic N) is 2. The molecule has 0 bridgehead atoms. The Labute approximate surface area is 168 Å². The molecule has 9 heteroatoms. The van der Waals surface area contributed by atoms with E-state index in [4.69, 9.17) is 9.47 Å². The Morgan fingerprint density at radius 2 is 1.86 bits per heavy atom. The Hall–Kier alpha value is -3.36. The summed E-state index contributed by atoms with van der Waals surface area (Å²) in [5.41, 5.74) is 0.384. The van der Waals surface area contributed by atoms with E-state index in [1.807, 2.05) is 0 Å². The van der Waals surface area contributed by atoms with Crippen molar-refractivity contribution >= 4 is 11.8 Å². The molecule has 2 aromatic rings. The van der Waals surface area contributed by atoms with Crippen molar-refractivity contribution in [3.8, 4) is 11.5 Å². The molecule has 1 aromatic carbocycles. The first kappa shape index (κ1) is 20.4. The highest BCUT2D eigenvalue weighted by Crippen LogP contribution is 2.27. The number of ether oxygens (including phenoxy) is 2. The average molecular weight is 400 g/mol. The van der Waals surface area contributed by atoms with Crippen LogP contribution in [0, 0.1) is 5.92 Å². The maximum atomic E-state index is 12.4. The Bertz CT molecular complexity index is 914. The van der Waals surface area contributed by atoms with Crippen LogP contribution in [0.5, 0.6) is 11.5 Å². The highest BCUT2D eigenvalue weighted by Gasteiger charge is 2.25. The van der Waals surface area contributed by atoms with Crippen molar-refractivity contribution in [2.45, 2.75) is 12.8 Å². The maximum absolute atomic E-state index is 12.4. The largest absolute Gasteiger partial charge is 0.493 e. The smallest absolute Gasteiger partial charge is 0.274 e. The van der Waals surface area contributed by atoms with Crippen LogP contribution in [0.3, 0.4) is 0 Å². The summed E-state index contributed by atoms with van der Waals surface area (Å²) in [6.45, 7) is 1.69. The van der Waals surface area contributed by atoms with E-state index in [-0.39, 0.29) is 29.0 Å². The number of likely N-dealkylation sites (tertiary alicyclic amines) is 1. The molecule has 3 rings (SSSR count). The fraction of sp³-hybridized carbons (Fsp3) is 0.400. The van der Waals surface area contributed by atoms with Crippen LogP contribution in [0.25, 0.3) is 0 Å². The number of rotatable bonds is 6. The van der Waals surface area contributed by atoms with E-state index < -0.39 is 0 Å². The molecule has 1 saturated heterocycles. The van der Waals surface area contributed by atoms with Crippen molar-refractivity contribution in [1.29, 1.82) is 0 Å². The molecule has 1 aliphatic rings. The van der Waals surface area contributed by atoms with Gasteiger partial charge in [-0.05, 0) is 43.0 Å². The average Bonchev–Trinajstić information content (AvgIpc) is 2.77. The number of hydrogen-bond acceptors (Lipinski definition) is 6. The predicted octanol–water partition coefficient (Wildman–Crippen LogP) is 1.07. The van der Waals surface area contributed by atoms with Gasteiger partial charge in [0.25, 0.3) is 17.4 Å². The van der Waals surface area contributed by atoms with Crippen LogP contribution in [0.2, 0.25) is 0 Å². The molecule has 29 heavy (non-hydrogen) atoms. The number of aromatic amines is 1. The molecular formula is C20H24N4O5. The van der Waals surface area contributed by atoms with Crippen LogP contribution in [0.15, 0.2) is 35.1 Å². The number of piperidine rings is 1. The SMILES string of the molecule is COc1ccc(C(=O)NCC2CCN(C(=O)c3ccc(=O)[nH]n3)CC2)cc1OC. The molecule has 0 saturated carbocycles. The normalized spacial score (nSPS) is 14.3. The van der Waals surface area contributed by atoms with Gasteiger partial charge in [0.1, 0.15) is 5.69 Å². The zero-order valence-corrected chi connectivity index (χ0v) is 16.4. The summed E-state index contributed by atoms with van der Waals surface area (Å²) in [4.78, 5) is 37.6. The second-order valence-electron chi connectivity index (χ2n) is 6.82. The highest BCUT2D eigenvalue weighted by molar-refractivity contribution is 5.95. The molecule has 0 aliphatic carbocycles. The van der Waals surface area contributed by atoms with Crippen molar-refractivity contribution in [1.82, 2.24) is 20.4 Å². The highest BCUT2D eigenvalue weighted by atomic mass is 16.5. The van der Waals surface area contributed by atoms with Crippen molar-refractivity contribution in [3.05, 3.63) is 51.9 Å². The third kappa shape index (κ3) is 4.92. The van der Waals surface area contributed by atoms with Gasteiger partial charge in [-0.15, -0.1) is 0 Å². The molecular weight excluding hydrogens is 376 g/mol. The number of methoxy groups -OCH3 is 2. The second kappa shape index (κ2) is 9.22. The standard InChI is InChI=1S/C20H24N4O5/c1-28-16-5-3-14(11-17(16)29-2)19(26)21-12-13-7-9-24(10-8-13)20(27)15-4-6-18(25)23-22-15/h3-6,11,13H,7-10,12H2,1-2H3,(H,21,26)(H,23,25). The van der Waals surface area contributed by atoms with E-state index in [9.17, 15) is 14.4 Å². The van der Waals surface area contributed by atoms with Gasteiger partial charge in [-0.1, -0.05) is 0 Å². The summed E-state index contributed by atoms with van der Waals surface area (Å²) in [5, 5.41) is 9.01. The van der Waals surface area contributed by atoms with E-state index in [0.717, 1.165) is 12.8 Å². The summed E-state index contributed by atoms with van der Waals surface area (Å²) >= 11 is 0. The Kier molecular flexibility index (Phi) is 6.48. The number of carbonyl (C=O) groups excluding carboxylic acids is 2. The first-order valence-corrected chi connectivity index (χ1v) is 9.37. The molecule has 0 atom stereocenters. The van der Waals surface area contributed by atoms with Gasteiger partial charge < -0.3 is 19.7 Å². The number of nitrogens with one attached hydrogen (secondary N) is 2. The summed E-state index contributed by atoms with van der Waals surface area (Å²) < 4.78 is 10.4. The van der Waals surface area contributed by atoms with Crippen LogP contribution >= 0.6 is 0 Å². The molecule has 2 heterocycles. The van der Waals surface area contributed by atoms with Gasteiger partial charge in [0, 0.05) is 31.3 Å². The number of benzene rings is 1. The van der Waals surface area contributed by atoms with E-state index in [1.54, 1.807) is 30.2 Å². The quantitative estimate of drug-likeness (QED) is 0.750. The minimum atomic E-state index is -0.342. The van der Waals surface area contributed by atoms with Gasteiger partial charge >= 0.3 is 0 Å². The fourth-order valence-corrected chi connectivity index (χ4v) is 3.28. The second-order valence-corrected chi connectivity index (χ2v) is 6.82. The lowest BCUT2D eigenvalue weighted by Crippen LogP contribution is -2.42. The maximum Gasteiger partial charge on any atom is 0.274 e. The van der Waals surface area contributed by atoms with Crippen LogP contribution < -0.4 is 20.3 Å². The van der Waals surface area contributed by atoms with Gasteiger partial charge in [0.05, 0.1) is 14.2 Å². The van der Waals surface area contributed by atoms with Gasteiger partial charge in [-0.3, -0.25) is 14.4 Å². The van der Waals surface area contributed by atoms with E-state index >= 15 is 0 Å². The molecule has 0 unspecified atom stereocenters. The van der Waals surface area contributed by atoms with Crippen molar-refractivity contribution in [3.63, 3.8) is 0 Å². The summed E-state index contributed by atoms with van der Waals surface area (Å²) in [7, 11) is 3.07. The number of hydrogen-bond donors (Lipinski definition) is 2. The van der Waals surface area contributed by atoms with Gasteiger partial charge in [-0.2, -0.15) is 5.10 Å². The first-order chi connectivity index (χ1) is 14.0. The van der Waals surface area contributed by atoms with E-state index in [2.05, 4.69) is 15.5 Å². The lowest BCUT2D eigenvalue weighted by Gasteiger charge is -2.31. The molecule has 9 nitrogen and oxygen atoms in total. The number of carbonyl (C=O) groups is 2. The number of amides is 2. The first-order valence-electron chi connectivity index (χ1n) is 9.37. The van der Waals surface area contributed by atoms with E-state index in [0.29, 0.717) is 36.7 Å². The van der Waals surface area contributed by atoms with Crippen molar-refractivity contribution in [2.24, 2.45) is 5.92 Å². The topological polar surface area (TPSA) is 114 Å². The van der Waals surface area contributed by atoms with Gasteiger partial charge in [0.15, 0.2) is 11.5 Å². The third-order valence-corrected chi connectivity index (χ3v) is 5.00. The van der Waals surface area contributed by atoms with Crippen molar-refractivity contribution in [2.75, 3.05) is 33.9 Å². The van der Waals surface area contributed by atoms with Crippen LogP contribution in [-0.2, 0) is 0 Å². The lowest BCUT2D eigenvalue weighted by molar-refractivity contribution is 0.0677. The third-order valence-electron chi connectivity index (χ3n) is 5.00. The van der Waals surface area contributed by atoms with E-state index in [1.165, 1.54) is 19.2 Å². The minimum Gasteiger partial charge on any atom is -0.493 e. The summed E-state index contributed by atoms with van der Waals surface area (Å²) in [5.74, 6) is 0.976. The zero-order valence-electron chi connectivity index (χ0n) is 16.4. The van der Waals surface area contributed by atoms with Gasteiger partial charge in [0.2, 0.25) is 0 Å². The van der Waals surface area contributed by atoms with Crippen LogP contribution in [-0.4, -0.2) is 60.8 Å².